The van der Waals surface area contributed by atoms with Crippen molar-refractivity contribution >= 4 is 46.8 Å². The molecule has 1 aliphatic heterocycles. The molecular formula is C16H8Cl2N2O4. The molecule has 0 amide bonds. The Kier molecular flexibility index (Phi) is 4.33. The molecule has 8 heteroatoms. The number of hydrogen-bond donors (Lipinski definition) is 0. The summed E-state index contributed by atoms with van der Waals surface area (Å²) in [5.41, 5.74) is 1.06. The normalized spacial score (nSPS) is 15.3. The van der Waals surface area contributed by atoms with E-state index >= 15 is 0 Å². The van der Waals surface area contributed by atoms with Crippen LogP contribution in [0.5, 0.6) is 0 Å². The number of carbonyl (C=O) groups is 1. The lowest BCUT2D eigenvalue weighted by Gasteiger charge is -2.02. The maximum atomic E-state index is 11.9. The fraction of sp³-hybridized carbons (Fsp3) is 0. The highest BCUT2D eigenvalue weighted by molar-refractivity contribution is 6.37. The van der Waals surface area contributed by atoms with Crippen molar-refractivity contribution in [3.63, 3.8) is 0 Å². The molecule has 2 aromatic carbocycles. The third-order valence-electron chi connectivity index (χ3n) is 3.19. The number of nitro benzene ring substituents is 1. The van der Waals surface area contributed by atoms with Crippen LogP contribution in [0.4, 0.5) is 5.69 Å². The molecule has 3 rings (SSSR count). The van der Waals surface area contributed by atoms with Crippen molar-refractivity contribution in [3.05, 3.63) is 79.4 Å². The van der Waals surface area contributed by atoms with Crippen LogP contribution >= 0.6 is 23.2 Å². The van der Waals surface area contributed by atoms with Crippen molar-refractivity contribution in [1.29, 1.82) is 0 Å². The van der Waals surface area contributed by atoms with E-state index in [9.17, 15) is 14.9 Å². The molecule has 120 valence electrons. The number of halogens is 2. The average Bonchev–Trinajstić information content (AvgIpc) is 2.88. The van der Waals surface area contributed by atoms with Gasteiger partial charge in [0.15, 0.2) is 5.70 Å². The predicted molar refractivity (Wildman–Crippen MR) is 90.2 cm³/mol. The lowest BCUT2D eigenvalue weighted by Crippen LogP contribution is -2.05. The smallest absolute Gasteiger partial charge is 0.363 e. The number of non-ortho nitro benzene ring substituents is 1. The molecule has 24 heavy (non-hydrogen) atoms. The zero-order valence-electron chi connectivity index (χ0n) is 11.9. The van der Waals surface area contributed by atoms with E-state index in [2.05, 4.69) is 4.99 Å². The summed E-state index contributed by atoms with van der Waals surface area (Å²) >= 11 is 11.9. The lowest BCUT2D eigenvalue weighted by molar-refractivity contribution is -0.384. The molecule has 2 aromatic rings. The van der Waals surface area contributed by atoms with Crippen LogP contribution in [0.3, 0.4) is 0 Å². The van der Waals surface area contributed by atoms with Gasteiger partial charge in [0.2, 0.25) is 5.90 Å². The fourth-order valence-corrected chi connectivity index (χ4v) is 2.53. The van der Waals surface area contributed by atoms with Crippen LogP contribution < -0.4 is 0 Å². The lowest BCUT2D eigenvalue weighted by atomic mass is 10.2. The molecule has 0 unspecified atom stereocenters. The van der Waals surface area contributed by atoms with Gasteiger partial charge in [-0.2, -0.15) is 0 Å². The van der Waals surface area contributed by atoms with Crippen molar-refractivity contribution in [2.45, 2.75) is 0 Å². The first-order valence-corrected chi connectivity index (χ1v) is 7.42. The number of nitrogens with zero attached hydrogens (tertiary/aromatic N) is 2. The summed E-state index contributed by atoms with van der Waals surface area (Å²) in [6.45, 7) is 0. The van der Waals surface area contributed by atoms with Gasteiger partial charge in [0.1, 0.15) is 0 Å². The predicted octanol–water partition coefficient (Wildman–Crippen LogP) is 4.25. The zero-order valence-corrected chi connectivity index (χ0v) is 13.4. The summed E-state index contributed by atoms with van der Waals surface area (Å²) in [5, 5.41) is 11.4. The molecule has 0 atom stereocenters. The first-order valence-electron chi connectivity index (χ1n) is 6.66. The SMILES string of the molecule is O=C1OC(c2ccc(Cl)cc2Cl)=NC1=Cc1ccc([N+](=O)[O-])cc1. The highest BCUT2D eigenvalue weighted by Crippen LogP contribution is 2.26. The minimum Gasteiger partial charge on any atom is -0.402 e. The second-order valence-corrected chi connectivity index (χ2v) is 5.65. The van der Waals surface area contributed by atoms with Gasteiger partial charge in [-0.1, -0.05) is 23.2 Å². The van der Waals surface area contributed by atoms with Crippen LogP contribution in [0.15, 0.2) is 53.2 Å². The number of esters is 1. The number of cyclic esters (lactones) is 1. The van der Waals surface area contributed by atoms with Gasteiger partial charge in [0.25, 0.3) is 5.69 Å². The van der Waals surface area contributed by atoms with Gasteiger partial charge in [-0.15, -0.1) is 0 Å². The van der Waals surface area contributed by atoms with Crippen molar-refractivity contribution in [2.75, 3.05) is 0 Å². The summed E-state index contributed by atoms with van der Waals surface area (Å²) in [6.07, 6.45) is 1.48. The van der Waals surface area contributed by atoms with Crippen LogP contribution in [0, 0.1) is 10.1 Å². The van der Waals surface area contributed by atoms with Gasteiger partial charge < -0.3 is 4.74 Å². The molecule has 6 nitrogen and oxygen atoms in total. The minimum absolute atomic E-state index is 0.0386. The van der Waals surface area contributed by atoms with Crippen LogP contribution in [0.1, 0.15) is 11.1 Å². The Balaban J connectivity index is 1.92. The molecule has 0 aromatic heterocycles. The van der Waals surface area contributed by atoms with Crippen LogP contribution in [-0.2, 0) is 9.53 Å². The molecule has 0 spiro atoms. The van der Waals surface area contributed by atoms with Gasteiger partial charge in [-0.05, 0) is 42.0 Å². The van der Waals surface area contributed by atoms with Gasteiger partial charge in [0, 0.05) is 17.2 Å². The van der Waals surface area contributed by atoms with Gasteiger partial charge in [0.05, 0.1) is 15.5 Å². The van der Waals surface area contributed by atoms with Gasteiger partial charge >= 0.3 is 5.97 Å². The van der Waals surface area contributed by atoms with Crippen molar-refractivity contribution < 1.29 is 14.5 Å². The second kappa shape index (κ2) is 6.43. The quantitative estimate of drug-likeness (QED) is 0.353. The molecule has 0 aliphatic carbocycles. The van der Waals surface area contributed by atoms with E-state index in [1.807, 2.05) is 0 Å². The maximum absolute atomic E-state index is 11.9. The first-order chi connectivity index (χ1) is 11.4. The number of hydrogen-bond acceptors (Lipinski definition) is 5. The molecule has 0 N–H and O–H groups in total. The van der Waals surface area contributed by atoms with E-state index in [1.54, 1.807) is 12.1 Å². The first kappa shape index (κ1) is 16.2. The van der Waals surface area contributed by atoms with Crippen LogP contribution in [-0.4, -0.2) is 16.8 Å². The topological polar surface area (TPSA) is 81.8 Å². The van der Waals surface area contributed by atoms with E-state index < -0.39 is 10.9 Å². The molecule has 0 saturated heterocycles. The van der Waals surface area contributed by atoms with E-state index in [1.165, 1.54) is 36.4 Å². The summed E-state index contributed by atoms with van der Waals surface area (Å²) in [5.74, 6) is -0.552. The van der Waals surface area contributed by atoms with E-state index in [0.717, 1.165) is 0 Å². The van der Waals surface area contributed by atoms with Crippen molar-refractivity contribution in [3.8, 4) is 0 Å². The van der Waals surface area contributed by atoms with Crippen LogP contribution in [0.2, 0.25) is 10.0 Å². The van der Waals surface area contributed by atoms with Gasteiger partial charge in [-0.3, -0.25) is 10.1 Å². The third kappa shape index (κ3) is 3.29. The maximum Gasteiger partial charge on any atom is 0.363 e. The Morgan fingerprint density at radius 3 is 2.46 bits per heavy atom. The molecular weight excluding hydrogens is 355 g/mol. The Bertz CT molecular complexity index is 905. The van der Waals surface area contributed by atoms with Gasteiger partial charge in [-0.25, -0.2) is 9.79 Å². The molecule has 0 saturated carbocycles. The Labute approximate surface area is 146 Å². The molecule has 0 radical (unpaired) electrons. The molecule has 0 fully saturated rings. The molecule has 0 bridgehead atoms. The van der Waals surface area contributed by atoms with Crippen molar-refractivity contribution in [2.24, 2.45) is 4.99 Å². The van der Waals surface area contributed by atoms with Crippen molar-refractivity contribution in [1.82, 2.24) is 0 Å². The van der Waals surface area contributed by atoms with Crippen LogP contribution in [0.25, 0.3) is 6.08 Å². The Morgan fingerprint density at radius 1 is 1.12 bits per heavy atom. The number of benzene rings is 2. The number of rotatable bonds is 3. The minimum atomic E-state index is -0.630. The highest BCUT2D eigenvalue weighted by Gasteiger charge is 2.25. The second-order valence-electron chi connectivity index (χ2n) is 4.81. The van der Waals surface area contributed by atoms with E-state index in [4.69, 9.17) is 27.9 Å². The van der Waals surface area contributed by atoms with E-state index in [0.29, 0.717) is 21.2 Å². The number of carbonyl (C=O) groups excluding carboxylic acids is 1. The number of nitro groups is 1. The number of aliphatic imine (C=N–C) groups is 1. The summed E-state index contributed by atoms with van der Waals surface area (Å²) in [7, 11) is 0. The standard InChI is InChI=1S/C16H8Cl2N2O4/c17-10-3-6-12(13(18)8-10)15-19-14(16(21)24-15)7-9-1-4-11(5-2-9)20(22)23/h1-8H. The summed E-state index contributed by atoms with van der Waals surface area (Å²) in [6, 6.07) is 10.4. The summed E-state index contributed by atoms with van der Waals surface area (Å²) in [4.78, 5) is 26.2. The monoisotopic (exact) mass is 362 g/mol. The molecule has 1 heterocycles. The average molecular weight is 363 g/mol. The Morgan fingerprint density at radius 2 is 1.83 bits per heavy atom. The molecule has 1 aliphatic rings. The zero-order chi connectivity index (χ0) is 17.3. The largest absolute Gasteiger partial charge is 0.402 e. The number of ether oxygens (including phenoxy) is 1. The highest BCUT2D eigenvalue weighted by atomic mass is 35.5. The third-order valence-corrected chi connectivity index (χ3v) is 3.74. The van der Waals surface area contributed by atoms with E-state index in [-0.39, 0.29) is 17.3 Å². The Hall–Kier alpha value is -2.70. The fourth-order valence-electron chi connectivity index (χ4n) is 2.04. The summed E-state index contributed by atoms with van der Waals surface area (Å²) < 4.78 is 5.12.